The highest BCUT2D eigenvalue weighted by Gasteiger charge is 2.41. The fourth-order valence-corrected chi connectivity index (χ4v) is 4.41. The third-order valence-corrected chi connectivity index (χ3v) is 6.05. The normalized spacial score (nSPS) is 26.5. The van der Waals surface area contributed by atoms with Gasteiger partial charge < -0.3 is 4.90 Å². The zero-order valence-electron chi connectivity index (χ0n) is 15.2. The molecule has 0 bridgehead atoms. The van der Waals surface area contributed by atoms with Crippen molar-refractivity contribution in [1.29, 1.82) is 0 Å². The standard InChI is InChI=1S/C22H20F3NO2/c1-2-13-6-16(7-13)15-4-3-5-17(10-15)26-11-19-18(21(26)28)8-14(12-27)9-20(19)22(23,24)25/h2-3,5,8-10,12-13,15-16H,1,4,6-7,11H2. The van der Waals surface area contributed by atoms with E-state index in [1.165, 1.54) is 11.0 Å². The van der Waals surface area contributed by atoms with E-state index in [2.05, 4.69) is 6.58 Å². The van der Waals surface area contributed by atoms with E-state index in [-0.39, 0.29) is 29.2 Å². The number of nitrogens with zero attached hydrogens (tertiary/aromatic N) is 1. The molecule has 146 valence electrons. The van der Waals surface area contributed by atoms with Crippen LogP contribution in [0.15, 0.2) is 48.7 Å². The average Bonchev–Trinajstić information content (AvgIpc) is 2.96. The fraction of sp³-hybridized carbons (Fsp3) is 0.364. The lowest BCUT2D eigenvalue weighted by atomic mass is 9.67. The Morgan fingerprint density at radius 1 is 1.21 bits per heavy atom. The number of allylic oxidation sites excluding steroid dienone is 4. The SMILES string of the molecule is C=CC1CC(C2C=C(N3Cc4c(cc(C=O)cc4C(F)(F)F)C3=O)C=CC2)C1. The van der Waals surface area contributed by atoms with Gasteiger partial charge in [0.25, 0.3) is 5.91 Å². The lowest BCUT2D eigenvalue weighted by molar-refractivity contribution is -0.138. The van der Waals surface area contributed by atoms with Gasteiger partial charge in [-0.15, -0.1) is 6.58 Å². The van der Waals surface area contributed by atoms with Gasteiger partial charge in [0.2, 0.25) is 0 Å². The Balaban J connectivity index is 1.64. The second-order valence-corrected chi connectivity index (χ2v) is 7.72. The molecule has 1 aromatic carbocycles. The molecule has 4 rings (SSSR count). The van der Waals surface area contributed by atoms with Crippen molar-refractivity contribution in [3.63, 3.8) is 0 Å². The number of halogens is 3. The van der Waals surface area contributed by atoms with Crippen LogP contribution in [0.1, 0.15) is 51.1 Å². The highest BCUT2D eigenvalue weighted by molar-refractivity contribution is 6.01. The predicted molar refractivity (Wildman–Crippen MR) is 98.4 cm³/mol. The Kier molecular flexibility index (Phi) is 4.52. The Bertz CT molecular complexity index is 907. The summed E-state index contributed by atoms with van der Waals surface area (Å²) in [6.07, 6.45) is 6.47. The Morgan fingerprint density at radius 2 is 1.96 bits per heavy atom. The molecule has 2 aliphatic carbocycles. The molecule has 3 nitrogen and oxygen atoms in total. The van der Waals surface area contributed by atoms with Crippen molar-refractivity contribution < 1.29 is 22.8 Å². The number of carbonyl (C=O) groups is 2. The van der Waals surface area contributed by atoms with E-state index in [1.54, 1.807) is 6.08 Å². The van der Waals surface area contributed by atoms with Gasteiger partial charge in [0, 0.05) is 16.8 Å². The van der Waals surface area contributed by atoms with Crippen LogP contribution in [0.3, 0.4) is 0 Å². The molecule has 6 heteroatoms. The molecule has 1 aliphatic heterocycles. The summed E-state index contributed by atoms with van der Waals surface area (Å²) in [4.78, 5) is 25.3. The fourth-order valence-electron chi connectivity index (χ4n) is 4.41. The van der Waals surface area contributed by atoms with Crippen molar-refractivity contribution in [3.8, 4) is 0 Å². The van der Waals surface area contributed by atoms with Gasteiger partial charge in [-0.2, -0.15) is 13.2 Å². The van der Waals surface area contributed by atoms with Crippen molar-refractivity contribution in [2.45, 2.75) is 32.0 Å². The summed E-state index contributed by atoms with van der Waals surface area (Å²) in [6.45, 7) is 3.68. The lowest BCUT2D eigenvalue weighted by Gasteiger charge is -2.39. The first-order valence-corrected chi connectivity index (χ1v) is 9.34. The van der Waals surface area contributed by atoms with Crippen LogP contribution in [0.2, 0.25) is 0 Å². The van der Waals surface area contributed by atoms with Crippen LogP contribution in [-0.4, -0.2) is 17.1 Å². The zero-order chi connectivity index (χ0) is 20.1. The zero-order valence-corrected chi connectivity index (χ0v) is 15.2. The first kappa shape index (κ1) is 18.7. The van der Waals surface area contributed by atoms with Gasteiger partial charge in [-0.3, -0.25) is 9.59 Å². The number of hydrogen-bond donors (Lipinski definition) is 0. The predicted octanol–water partition coefficient (Wildman–Crippen LogP) is 5.15. The van der Waals surface area contributed by atoms with E-state index in [9.17, 15) is 22.8 Å². The number of benzene rings is 1. The third kappa shape index (κ3) is 3.11. The molecule has 0 saturated heterocycles. The van der Waals surface area contributed by atoms with E-state index >= 15 is 0 Å². The number of aldehydes is 1. The maximum Gasteiger partial charge on any atom is 0.416 e. The van der Waals surface area contributed by atoms with Crippen molar-refractivity contribution in [2.24, 2.45) is 17.8 Å². The van der Waals surface area contributed by atoms with Gasteiger partial charge in [-0.1, -0.05) is 18.2 Å². The Morgan fingerprint density at radius 3 is 2.61 bits per heavy atom. The Labute approximate surface area is 161 Å². The molecule has 0 aromatic heterocycles. The van der Waals surface area contributed by atoms with Gasteiger partial charge in [-0.05, 0) is 60.8 Å². The highest BCUT2D eigenvalue weighted by Crippen LogP contribution is 2.44. The first-order valence-electron chi connectivity index (χ1n) is 9.34. The molecule has 1 unspecified atom stereocenters. The molecule has 28 heavy (non-hydrogen) atoms. The van der Waals surface area contributed by atoms with Gasteiger partial charge in [-0.25, -0.2) is 0 Å². The summed E-state index contributed by atoms with van der Waals surface area (Å²) in [7, 11) is 0. The second kappa shape index (κ2) is 6.76. The van der Waals surface area contributed by atoms with Crippen LogP contribution in [0.4, 0.5) is 13.2 Å². The molecule has 3 aliphatic rings. The second-order valence-electron chi connectivity index (χ2n) is 7.72. The molecule has 0 spiro atoms. The molecule has 1 atom stereocenters. The summed E-state index contributed by atoms with van der Waals surface area (Å²) < 4.78 is 40.4. The number of carbonyl (C=O) groups excluding carboxylic acids is 2. The van der Waals surface area contributed by atoms with Crippen LogP contribution >= 0.6 is 0 Å². The number of fused-ring (bicyclic) bond motifs is 1. The van der Waals surface area contributed by atoms with Crippen molar-refractivity contribution in [1.82, 2.24) is 4.90 Å². The van der Waals surface area contributed by atoms with Crippen LogP contribution in [0.25, 0.3) is 0 Å². The Hall–Kier alpha value is -2.63. The van der Waals surface area contributed by atoms with E-state index in [0.29, 0.717) is 23.8 Å². The molecule has 1 heterocycles. The molecule has 1 amide bonds. The maximum atomic E-state index is 13.5. The summed E-state index contributed by atoms with van der Waals surface area (Å²) in [5.41, 5.74) is -0.510. The van der Waals surface area contributed by atoms with E-state index in [0.717, 1.165) is 25.3 Å². The van der Waals surface area contributed by atoms with Crippen LogP contribution < -0.4 is 0 Å². The van der Waals surface area contributed by atoms with Crippen LogP contribution in [-0.2, 0) is 12.7 Å². The molecular formula is C22H20F3NO2. The number of alkyl halides is 3. The monoisotopic (exact) mass is 387 g/mol. The lowest BCUT2D eigenvalue weighted by Crippen LogP contribution is -2.31. The summed E-state index contributed by atoms with van der Waals surface area (Å²) in [5, 5.41) is 0. The van der Waals surface area contributed by atoms with E-state index in [1.807, 2.05) is 18.2 Å². The minimum atomic E-state index is -4.62. The van der Waals surface area contributed by atoms with Gasteiger partial charge in [0.05, 0.1) is 12.1 Å². The first-order chi connectivity index (χ1) is 13.3. The van der Waals surface area contributed by atoms with E-state index in [4.69, 9.17) is 0 Å². The van der Waals surface area contributed by atoms with Gasteiger partial charge >= 0.3 is 6.18 Å². The van der Waals surface area contributed by atoms with E-state index < -0.39 is 17.6 Å². The molecule has 1 saturated carbocycles. The summed E-state index contributed by atoms with van der Waals surface area (Å²) >= 11 is 0. The average molecular weight is 387 g/mol. The number of amides is 1. The van der Waals surface area contributed by atoms with Gasteiger partial charge in [0.15, 0.2) is 0 Å². The van der Waals surface area contributed by atoms with Crippen LogP contribution in [0.5, 0.6) is 0 Å². The molecular weight excluding hydrogens is 367 g/mol. The number of rotatable bonds is 4. The topological polar surface area (TPSA) is 37.4 Å². The number of hydrogen-bond acceptors (Lipinski definition) is 2. The quantitative estimate of drug-likeness (QED) is 0.530. The largest absolute Gasteiger partial charge is 0.416 e. The molecule has 1 aromatic rings. The van der Waals surface area contributed by atoms with Crippen molar-refractivity contribution >= 4 is 12.2 Å². The molecule has 1 fully saturated rings. The highest BCUT2D eigenvalue weighted by atomic mass is 19.4. The van der Waals surface area contributed by atoms with Crippen LogP contribution in [0, 0.1) is 17.8 Å². The van der Waals surface area contributed by atoms with Gasteiger partial charge in [0.1, 0.15) is 6.29 Å². The minimum absolute atomic E-state index is 0.0382. The summed E-state index contributed by atoms with van der Waals surface area (Å²) in [6, 6.07) is 2.07. The molecule has 0 radical (unpaired) electrons. The minimum Gasteiger partial charge on any atom is -0.304 e. The van der Waals surface area contributed by atoms with Crippen molar-refractivity contribution in [3.05, 3.63) is 71.0 Å². The van der Waals surface area contributed by atoms with Crippen molar-refractivity contribution in [2.75, 3.05) is 0 Å². The smallest absolute Gasteiger partial charge is 0.304 e. The molecule has 0 N–H and O–H groups in total. The third-order valence-electron chi connectivity index (χ3n) is 6.05. The maximum absolute atomic E-state index is 13.5. The summed E-state index contributed by atoms with van der Waals surface area (Å²) in [5.74, 6) is 0.829.